The summed E-state index contributed by atoms with van der Waals surface area (Å²) in [7, 11) is 0. The monoisotopic (exact) mass is 339 g/mol. The first-order valence-electron chi connectivity index (χ1n) is 7.72. The number of carbonyl (C=O) groups is 1. The van der Waals surface area contributed by atoms with E-state index in [2.05, 4.69) is 18.3 Å². The average molecular weight is 339 g/mol. The maximum absolute atomic E-state index is 13.1. The Bertz CT molecular complexity index is 875. The third-order valence-corrected chi connectivity index (χ3v) is 4.39. The number of aliphatic imine (C=N–C) groups is 1. The Balaban J connectivity index is 2.02. The fourth-order valence-electron chi connectivity index (χ4n) is 3.29. The Morgan fingerprint density at radius 2 is 1.96 bits per heavy atom. The summed E-state index contributed by atoms with van der Waals surface area (Å²) in [6, 6.07) is 6.22. The van der Waals surface area contributed by atoms with Crippen molar-refractivity contribution in [3.05, 3.63) is 64.5 Å². The Morgan fingerprint density at radius 1 is 1.32 bits per heavy atom. The molecule has 0 atom stereocenters. The van der Waals surface area contributed by atoms with E-state index in [1.807, 2.05) is 4.90 Å². The van der Waals surface area contributed by atoms with Crippen molar-refractivity contribution in [1.29, 1.82) is 0 Å². The molecule has 0 saturated heterocycles. The zero-order chi connectivity index (χ0) is 18.1. The number of amides is 1. The lowest BCUT2D eigenvalue weighted by Gasteiger charge is -2.15. The van der Waals surface area contributed by atoms with E-state index in [-0.39, 0.29) is 17.3 Å². The largest absolute Gasteiger partial charge is 0.505 e. The van der Waals surface area contributed by atoms with Crippen LogP contribution in [-0.4, -0.2) is 22.6 Å². The molecule has 0 saturated carbocycles. The number of nitrogens with zero attached hydrogens (tertiary/aromatic N) is 2. The van der Waals surface area contributed by atoms with Gasteiger partial charge >= 0.3 is 0 Å². The van der Waals surface area contributed by atoms with Gasteiger partial charge in [-0.3, -0.25) is 14.7 Å². The molecule has 2 aromatic rings. The maximum Gasteiger partial charge on any atom is 0.249 e. The molecule has 1 aliphatic rings. The molecule has 0 radical (unpaired) electrons. The van der Waals surface area contributed by atoms with Gasteiger partial charge in [-0.1, -0.05) is 24.8 Å². The Hall–Kier alpha value is -2.99. The SMILES string of the molecule is C=Cc1c(N=C)c(O)c2c(c1C(N)=O)CN(Cc1ccc(F)cc1)C2. The van der Waals surface area contributed by atoms with Crippen LogP contribution in [0.1, 0.15) is 32.6 Å². The summed E-state index contributed by atoms with van der Waals surface area (Å²) < 4.78 is 13.1. The molecule has 5 nitrogen and oxygen atoms in total. The van der Waals surface area contributed by atoms with Crippen molar-refractivity contribution in [2.45, 2.75) is 19.6 Å². The number of benzene rings is 2. The Morgan fingerprint density at radius 3 is 2.52 bits per heavy atom. The highest BCUT2D eigenvalue weighted by atomic mass is 19.1. The number of hydrogen-bond donors (Lipinski definition) is 2. The lowest BCUT2D eigenvalue weighted by atomic mass is 9.94. The maximum atomic E-state index is 13.1. The molecule has 6 heteroatoms. The molecule has 1 amide bonds. The molecule has 0 bridgehead atoms. The normalized spacial score (nSPS) is 13.5. The summed E-state index contributed by atoms with van der Waals surface area (Å²) in [5, 5.41) is 10.5. The molecule has 3 N–H and O–H groups in total. The van der Waals surface area contributed by atoms with Gasteiger partial charge in [0.15, 0.2) is 0 Å². The molecule has 0 spiro atoms. The topological polar surface area (TPSA) is 78.9 Å². The molecular formula is C19H18FN3O2. The van der Waals surface area contributed by atoms with Gasteiger partial charge in [0.25, 0.3) is 0 Å². The number of hydrogen-bond acceptors (Lipinski definition) is 4. The third-order valence-electron chi connectivity index (χ3n) is 4.39. The molecular weight excluding hydrogens is 321 g/mol. The van der Waals surface area contributed by atoms with Crippen molar-refractivity contribution in [3.8, 4) is 5.75 Å². The molecule has 1 aliphatic heterocycles. The van der Waals surface area contributed by atoms with Crippen LogP contribution in [-0.2, 0) is 19.6 Å². The molecule has 25 heavy (non-hydrogen) atoms. The number of phenolic OH excluding ortho intramolecular Hbond substituents is 1. The summed E-state index contributed by atoms with van der Waals surface area (Å²) >= 11 is 0. The van der Waals surface area contributed by atoms with Crippen LogP contribution in [0.5, 0.6) is 5.75 Å². The second-order valence-corrected chi connectivity index (χ2v) is 5.94. The number of phenols is 1. The summed E-state index contributed by atoms with van der Waals surface area (Å²) in [6.07, 6.45) is 1.45. The summed E-state index contributed by atoms with van der Waals surface area (Å²) in [4.78, 5) is 17.9. The molecule has 3 rings (SSSR count). The molecule has 0 fully saturated rings. The highest BCUT2D eigenvalue weighted by Gasteiger charge is 2.31. The molecule has 0 aromatic heterocycles. The van der Waals surface area contributed by atoms with Crippen LogP contribution in [0.15, 0.2) is 35.8 Å². The molecule has 2 aromatic carbocycles. The summed E-state index contributed by atoms with van der Waals surface area (Å²) in [5.74, 6) is -0.898. The van der Waals surface area contributed by atoms with E-state index in [1.54, 1.807) is 12.1 Å². The number of nitrogens with two attached hydrogens (primary N) is 1. The molecule has 1 heterocycles. The lowest BCUT2D eigenvalue weighted by Crippen LogP contribution is -2.18. The van der Waals surface area contributed by atoms with Crippen molar-refractivity contribution in [2.24, 2.45) is 10.7 Å². The minimum absolute atomic E-state index is 0.00786. The van der Waals surface area contributed by atoms with E-state index in [4.69, 9.17) is 5.73 Å². The second kappa shape index (κ2) is 6.49. The van der Waals surface area contributed by atoms with Crippen LogP contribution < -0.4 is 5.73 Å². The Kier molecular flexibility index (Phi) is 4.37. The van der Waals surface area contributed by atoms with E-state index >= 15 is 0 Å². The van der Waals surface area contributed by atoms with Gasteiger partial charge in [-0.05, 0) is 30.0 Å². The average Bonchev–Trinajstić information content (AvgIpc) is 2.99. The minimum atomic E-state index is -0.598. The van der Waals surface area contributed by atoms with Crippen LogP contribution in [0.4, 0.5) is 10.1 Å². The smallest absolute Gasteiger partial charge is 0.249 e. The first-order valence-corrected chi connectivity index (χ1v) is 7.72. The van der Waals surface area contributed by atoms with E-state index in [0.717, 1.165) is 5.56 Å². The number of fused-ring (bicyclic) bond motifs is 1. The fraction of sp³-hybridized carbons (Fsp3) is 0.158. The Labute approximate surface area is 144 Å². The number of carbonyl (C=O) groups excluding carboxylic acids is 1. The quantitative estimate of drug-likeness (QED) is 0.822. The van der Waals surface area contributed by atoms with Gasteiger partial charge in [-0.2, -0.15) is 0 Å². The highest BCUT2D eigenvalue weighted by Crippen LogP contribution is 2.44. The summed E-state index contributed by atoms with van der Waals surface area (Å²) in [5.41, 5.74) is 8.70. The summed E-state index contributed by atoms with van der Waals surface area (Å²) in [6.45, 7) is 8.57. The minimum Gasteiger partial charge on any atom is -0.505 e. The van der Waals surface area contributed by atoms with Crippen molar-refractivity contribution in [3.63, 3.8) is 0 Å². The fourth-order valence-corrected chi connectivity index (χ4v) is 3.29. The van der Waals surface area contributed by atoms with E-state index in [1.165, 1.54) is 18.2 Å². The van der Waals surface area contributed by atoms with Crippen molar-refractivity contribution >= 4 is 24.4 Å². The van der Waals surface area contributed by atoms with E-state index in [0.29, 0.717) is 41.9 Å². The van der Waals surface area contributed by atoms with Crippen LogP contribution in [0, 0.1) is 5.82 Å². The number of primary amides is 1. The number of aromatic hydroxyl groups is 1. The number of halogens is 1. The van der Waals surface area contributed by atoms with Gasteiger partial charge in [0.1, 0.15) is 17.3 Å². The molecule has 0 aliphatic carbocycles. The third kappa shape index (κ3) is 2.92. The van der Waals surface area contributed by atoms with Gasteiger partial charge in [-0.25, -0.2) is 4.39 Å². The van der Waals surface area contributed by atoms with Crippen molar-refractivity contribution < 1.29 is 14.3 Å². The zero-order valence-corrected chi connectivity index (χ0v) is 13.6. The van der Waals surface area contributed by atoms with E-state index < -0.39 is 5.91 Å². The van der Waals surface area contributed by atoms with Crippen molar-refractivity contribution in [1.82, 2.24) is 4.90 Å². The van der Waals surface area contributed by atoms with Crippen LogP contribution >= 0.6 is 0 Å². The first-order chi connectivity index (χ1) is 12.0. The predicted octanol–water partition coefficient (Wildman–Crippen LogP) is 3.12. The zero-order valence-electron chi connectivity index (χ0n) is 13.6. The second-order valence-electron chi connectivity index (χ2n) is 5.94. The van der Waals surface area contributed by atoms with Crippen molar-refractivity contribution in [2.75, 3.05) is 0 Å². The predicted molar refractivity (Wildman–Crippen MR) is 95.3 cm³/mol. The molecule has 128 valence electrons. The van der Waals surface area contributed by atoms with Gasteiger partial charge in [0.05, 0.1) is 5.56 Å². The van der Waals surface area contributed by atoms with Gasteiger partial charge in [0.2, 0.25) is 5.91 Å². The van der Waals surface area contributed by atoms with Gasteiger partial charge < -0.3 is 10.8 Å². The van der Waals surface area contributed by atoms with Crippen LogP contribution in [0.25, 0.3) is 6.08 Å². The van der Waals surface area contributed by atoms with Gasteiger partial charge in [-0.15, -0.1) is 0 Å². The van der Waals surface area contributed by atoms with E-state index in [9.17, 15) is 14.3 Å². The van der Waals surface area contributed by atoms with Crippen LogP contribution in [0.2, 0.25) is 0 Å². The lowest BCUT2D eigenvalue weighted by molar-refractivity contribution is 0.0999. The number of rotatable bonds is 5. The molecule has 0 unspecified atom stereocenters. The standard InChI is InChI=1S/C19H18FN3O2/c1-3-13-16(19(21)25)14-9-23(8-11-4-6-12(20)7-5-11)10-15(14)18(24)17(13)22-2/h3-7,24H,1-2,8-10H2,(H2,21,25). The first kappa shape index (κ1) is 16.9. The van der Waals surface area contributed by atoms with Gasteiger partial charge in [0, 0.05) is 30.8 Å². The van der Waals surface area contributed by atoms with Crippen LogP contribution in [0.3, 0.4) is 0 Å². The highest BCUT2D eigenvalue weighted by molar-refractivity contribution is 6.01.